The third kappa shape index (κ3) is 3.28. The summed E-state index contributed by atoms with van der Waals surface area (Å²) in [6.45, 7) is 1.90. The number of anilines is 2. The van der Waals surface area contributed by atoms with E-state index >= 15 is 0 Å². The fourth-order valence-corrected chi connectivity index (χ4v) is 3.14. The van der Waals surface area contributed by atoms with Crippen molar-refractivity contribution in [2.45, 2.75) is 6.92 Å². The van der Waals surface area contributed by atoms with Crippen LogP contribution in [0.2, 0.25) is 0 Å². The van der Waals surface area contributed by atoms with Gasteiger partial charge in [0, 0.05) is 41.8 Å². The van der Waals surface area contributed by atoms with E-state index in [0.29, 0.717) is 22.6 Å². The number of amides is 1. The Labute approximate surface area is 167 Å². The van der Waals surface area contributed by atoms with Crippen LogP contribution in [0.4, 0.5) is 11.5 Å². The summed E-state index contributed by atoms with van der Waals surface area (Å²) in [6.07, 6.45) is 5.22. The topological polar surface area (TPSA) is 100 Å². The number of benzene rings is 1. The molecule has 0 saturated heterocycles. The molecule has 0 atom stereocenters. The van der Waals surface area contributed by atoms with Crippen LogP contribution < -0.4 is 10.6 Å². The Balaban J connectivity index is 1.71. The van der Waals surface area contributed by atoms with Gasteiger partial charge in [0.15, 0.2) is 0 Å². The molecule has 4 rings (SSSR count). The molecule has 3 aromatic heterocycles. The molecule has 0 saturated carbocycles. The van der Waals surface area contributed by atoms with E-state index in [4.69, 9.17) is 11.0 Å². The SMILES string of the molecule is Cc1cc(-c2cnn3ccc(C(=O)N(C)c4ccc(C#N)cc4)cc23)cnc1N. The second-order valence-electron chi connectivity index (χ2n) is 6.75. The predicted octanol–water partition coefficient (Wildman–Crippen LogP) is 3.44. The van der Waals surface area contributed by atoms with Gasteiger partial charge in [0.2, 0.25) is 0 Å². The first-order valence-electron chi connectivity index (χ1n) is 8.96. The highest BCUT2D eigenvalue weighted by molar-refractivity contribution is 6.06. The summed E-state index contributed by atoms with van der Waals surface area (Å²) in [5.74, 6) is 0.334. The Kier molecular flexibility index (Phi) is 4.45. The van der Waals surface area contributed by atoms with Crippen LogP contribution in [0.5, 0.6) is 0 Å². The maximum Gasteiger partial charge on any atom is 0.258 e. The Morgan fingerprint density at radius 2 is 1.93 bits per heavy atom. The lowest BCUT2D eigenvalue weighted by atomic mass is 10.1. The lowest BCUT2D eigenvalue weighted by Gasteiger charge is -2.17. The second-order valence-corrected chi connectivity index (χ2v) is 6.75. The molecule has 29 heavy (non-hydrogen) atoms. The number of nitrogen functional groups attached to an aromatic ring is 1. The minimum absolute atomic E-state index is 0.157. The molecule has 0 radical (unpaired) electrons. The number of hydrogen-bond acceptors (Lipinski definition) is 5. The van der Waals surface area contributed by atoms with Crippen molar-refractivity contribution in [2.24, 2.45) is 0 Å². The Morgan fingerprint density at radius 1 is 1.17 bits per heavy atom. The van der Waals surface area contributed by atoms with Crippen molar-refractivity contribution in [3.63, 3.8) is 0 Å². The highest BCUT2D eigenvalue weighted by Gasteiger charge is 2.16. The molecular weight excluding hydrogens is 364 g/mol. The summed E-state index contributed by atoms with van der Waals surface area (Å²) in [7, 11) is 1.71. The average molecular weight is 382 g/mol. The summed E-state index contributed by atoms with van der Waals surface area (Å²) in [5.41, 5.74) is 11.1. The zero-order chi connectivity index (χ0) is 20.5. The van der Waals surface area contributed by atoms with Gasteiger partial charge in [-0.15, -0.1) is 0 Å². The van der Waals surface area contributed by atoms with E-state index in [9.17, 15) is 4.79 Å². The van der Waals surface area contributed by atoms with Crippen molar-refractivity contribution < 1.29 is 4.79 Å². The molecule has 0 aliphatic carbocycles. The van der Waals surface area contributed by atoms with Gasteiger partial charge >= 0.3 is 0 Å². The standard InChI is InChI=1S/C22H18N6O/c1-14-9-17(12-25-21(14)24)19-13-26-28-8-7-16(10-20(19)28)22(29)27(2)18-5-3-15(11-23)4-6-18/h3-10,12-13H,1-2H3,(H2,24,25). The number of pyridine rings is 2. The smallest absolute Gasteiger partial charge is 0.258 e. The quantitative estimate of drug-likeness (QED) is 0.585. The molecule has 1 aromatic carbocycles. The molecule has 7 heteroatoms. The van der Waals surface area contributed by atoms with Gasteiger partial charge in [-0.25, -0.2) is 9.50 Å². The molecule has 3 heterocycles. The summed E-state index contributed by atoms with van der Waals surface area (Å²) < 4.78 is 1.72. The van der Waals surface area contributed by atoms with Gasteiger partial charge in [-0.05, 0) is 55.0 Å². The molecule has 7 nitrogen and oxygen atoms in total. The summed E-state index contributed by atoms with van der Waals surface area (Å²) in [6, 6.07) is 14.5. The first-order valence-corrected chi connectivity index (χ1v) is 8.96. The largest absolute Gasteiger partial charge is 0.383 e. The second kappa shape index (κ2) is 7.09. The normalized spacial score (nSPS) is 10.7. The van der Waals surface area contributed by atoms with E-state index in [-0.39, 0.29) is 5.91 Å². The molecule has 142 valence electrons. The van der Waals surface area contributed by atoms with Gasteiger partial charge in [-0.2, -0.15) is 10.4 Å². The molecule has 0 fully saturated rings. The van der Waals surface area contributed by atoms with Crippen molar-refractivity contribution in [1.82, 2.24) is 14.6 Å². The van der Waals surface area contributed by atoms with Crippen LogP contribution in [0.15, 0.2) is 61.1 Å². The van der Waals surface area contributed by atoms with Crippen molar-refractivity contribution in [1.29, 1.82) is 5.26 Å². The number of fused-ring (bicyclic) bond motifs is 1. The fraction of sp³-hybridized carbons (Fsp3) is 0.0909. The number of carbonyl (C=O) groups is 1. The molecule has 0 aliphatic heterocycles. The van der Waals surface area contributed by atoms with E-state index in [1.54, 1.807) is 65.4 Å². The van der Waals surface area contributed by atoms with Crippen LogP contribution in [0.3, 0.4) is 0 Å². The van der Waals surface area contributed by atoms with Crippen LogP contribution in [0, 0.1) is 18.3 Å². The van der Waals surface area contributed by atoms with E-state index < -0.39 is 0 Å². The van der Waals surface area contributed by atoms with Gasteiger partial charge in [0.1, 0.15) is 5.82 Å². The van der Waals surface area contributed by atoms with E-state index in [0.717, 1.165) is 22.2 Å². The van der Waals surface area contributed by atoms with Crippen LogP contribution in [0.1, 0.15) is 21.5 Å². The van der Waals surface area contributed by atoms with Crippen LogP contribution >= 0.6 is 0 Å². The molecule has 0 aliphatic rings. The molecule has 2 N–H and O–H groups in total. The maximum absolute atomic E-state index is 13.0. The fourth-order valence-electron chi connectivity index (χ4n) is 3.14. The highest BCUT2D eigenvalue weighted by Crippen LogP contribution is 2.27. The van der Waals surface area contributed by atoms with Gasteiger partial charge in [-0.3, -0.25) is 4.79 Å². The van der Waals surface area contributed by atoms with E-state index in [1.165, 1.54) is 0 Å². The Bertz CT molecular complexity index is 1270. The molecular formula is C22H18N6O. The molecule has 0 bridgehead atoms. The number of nitriles is 1. The van der Waals surface area contributed by atoms with Crippen LogP contribution in [0.25, 0.3) is 16.6 Å². The monoisotopic (exact) mass is 382 g/mol. The number of nitrogens with two attached hydrogens (primary N) is 1. The number of carbonyl (C=O) groups excluding carboxylic acids is 1. The van der Waals surface area contributed by atoms with E-state index in [2.05, 4.69) is 16.2 Å². The molecule has 4 aromatic rings. The number of rotatable bonds is 3. The summed E-state index contributed by atoms with van der Waals surface area (Å²) >= 11 is 0. The Hall–Kier alpha value is -4.18. The van der Waals surface area contributed by atoms with Crippen molar-refractivity contribution >= 4 is 22.9 Å². The minimum atomic E-state index is -0.157. The maximum atomic E-state index is 13.0. The number of nitrogens with zero attached hydrogens (tertiary/aromatic N) is 5. The lowest BCUT2D eigenvalue weighted by molar-refractivity contribution is 0.0993. The van der Waals surface area contributed by atoms with Crippen LogP contribution in [-0.4, -0.2) is 27.6 Å². The van der Waals surface area contributed by atoms with Gasteiger partial charge < -0.3 is 10.6 Å². The van der Waals surface area contributed by atoms with Gasteiger partial charge in [-0.1, -0.05) is 0 Å². The Morgan fingerprint density at radius 3 is 2.62 bits per heavy atom. The number of hydrogen-bond donors (Lipinski definition) is 1. The minimum Gasteiger partial charge on any atom is -0.383 e. The summed E-state index contributed by atoms with van der Waals surface area (Å²) in [5, 5.41) is 13.3. The van der Waals surface area contributed by atoms with Crippen molar-refractivity contribution in [3.05, 3.63) is 77.7 Å². The van der Waals surface area contributed by atoms with Crippen molar-refractivity contribution in [3.8, 4) is 17.2 Å². The third-order valence-corrected chi connectivity index (χ3v) is 4.89. The van der Waals surface area contributed by atoms with E-state index in [1.807, 2.05) is 19.1 Å². The highest BCUT2D eigenvalue weighted by atomic mass is 16.2. The predicted molar refractivity (Wildman–Crippen MR) is 111 cm³/mol. The van der Waals surface area contributed by atoms with Crippen molar-refractivity contribution in [2.75, 3.05) is 17.7 Å². The first kappa shape index (κ1) is 18.2. The lowest BCUT2D eigenvalue weighted by Crippen LogP contribution is -2.26. The molecule has 0 unspecified atom stereocenters. The average Bonchev–Trinajstić information content (AvgIpc) is 3.18. The van der Waals surface area contributed by atoms with Gasteiger partial charge in [0.25, 0.3) is 5.91 Å². The third-order valence-electron chi connectivity index (χ3n) is 4.89. The number of aromatic nitrogens is 3. The van der Waals surface area contributed by atoms with Crippen LogP contribution in [-0.2, 0) is 0 Å². The zero-order valence-corrected chi connectivity index (χ0v) is 16.0. The first-order chi connectivity index (χ1) is 14.0. The molecule has 1 amide bonds. The van der Waals surface area contributed by atoms with Gasteiger partial charge in [0.05, 0.1) is 23.3 Å². The number of aryl methyl sites for hydroxylation is 1. The zero-order valence-electron chi connectivity index (χ0n) is 16.0. The summed E-state index contributed by atoms with van der Waals surface area (Å²) in [4.78, 5) is 18.8. The molecule has 0 spiro atoms.